The number of aromatic nitrogens is 3. The van der Waals surface area contributed by atoms with E-state index in [1.807, 2.05) is 24.3 Å². The lowest BCUT2D eigenvalue weighted by Crippen LogP contribution is -3.12. The molecular formula is C27H39ClN5OS+. The molecule has 0 spiro atoms. The van der Waals surface area contributed by atoms with Gasteiger partial charge in [0.2, 0.25) is 5.91 Å². The molecule has 1 amide bonds. The van der Waals surface area contributed by atoms with Gasteiger partial charge in [-0.05, 0) is 80.5 Å². The second-order valence-electron chi connectivity index (χ2n) is 12.1. The normalized spacial score (nSPS) is 27.2. The van der Waals surface area contributed by atoms with Crippen LogP contribution in [0.15, 0.2) is 29.4 Å². The molecule has 3 aliphatic rings. The molecule has 0 unspecified atom stereocenters. The number of carbonyl (C=O) groups is 1. The summed E-state index contributed by atoms with van der Waals surface area (Å²) in [6, 6.07) is 8.46. The first kappa shape index (κ1) is 25.1. The molecule has 2 aromatic rings. The first-order valence-corrected chi connectivity index (χ1v) is 14.5. The zero-order chi connectivity index (χ0) is 24.8. The molecule has 0 radical (unpaired) electrons. The van der Waals surface area contributed by atoms with Crippen LogP contribution in [0.25, 0.3) is 5.69 Å². The van der Waals surface area contributed by atoms with Crippen molar-refractivity contribution in [3.05, 3.63) is 35.1 Å². The fourth-order valence-corrected chi connectivity index (χ4v) is 8.04. The van der Waals surface area contributed by atoms with E-state index in [0.717, 1.165) is 36.1 Å². The molecule has 2 bridgehead atoms. The number of amides is 1. The molecule has 1 aliphatic carbocycles. The van der Waals surface area contributed by atoms with Crippen molar-refractivity contribution in [3.63, 3.8) is 0 Å². The highest BCUT2D eigenvalue weighted by Crippen LogP contribution is 2.52. The van der Waals surface area contributed by atoms with Crippen molar-refractivity contribution in [2.75, 3.05) is 25.4 Å². The van der Waals surface area contributed by atoms with Gasteiger partial charge in [0.05, 0.1) is 18.8 Å². The molecule has 3 atom stereocenters. The quantitative estimate of drug-likeness (QED) is 0.571. The summed E-state index contributed by atoms with van der Waals surface area (Å²) in [4.78, 5) is 17.1. The monoisotopic (exact) mass is 516 g/mol. The van der Waals surface area contributed by atoms with Crippen molar-refractivity contribution in [2.45, 2.75) is 83.5 Å². The number of hydrogen-bond donors (Lipinski definition) is 1. The number of thioether (sulfide) groups is 1. The molecule has 1 aromatic heterocycles. The number of rotatable bonds is 6. The highest BCUT2D eigenvalue weighted by Gasteiger charge is 2.50. The Balaban J connectivity index is 1.36. The Kier molecular flexibility index (Phi) is 6.96. The van der Waals surface area contributed by atoms with Crippen molar-refractivity contribution in [2.24, 2.45) is 10.8 Å². The molecule has 5 rings (SSSR count). The van der Waals surface area contributed by atoms with Gasteiger partial charge in [0.15, 0.2) is 11.0 Å². The summed E-state index contributed by atoms with van der Waals surface area (Å²) >= 11 is 7.70. The van der Waals surface area contributed by atoms with Crippen LogP contribution in [0.4, 0.5) is 0 Å². The van der Waals surface area contributed by atoms with Crippen LogP contribution in [0.2, 0.25) is 5.02 Å². The molecule has 8 heteroatoms. The number of fused-ring (bicyclic) bond motifs is 2. The summed E-state index contributed by atoms with van der Waals surface area (Å²) in [5.41, 5.74) is 1.55. The fraction of sp³-hybridized carbons (Fsp3) is 0.667. The number of nitrogens with one attached hydrogen (secondary N) is 1. The Hall–Kier alpha value is -1.57. The molecule has 3 fully saturated rings. The van der Waals surface area contributed by atoms with Crippen LogP contribution in [-0.2, 0) is 4.79 Å². The summed E-state index contributed by atoms with van der Waals surface area (Å²) in [5.74, 6) is 1.58. The summed E-state index contributed by atoms with van der Waals surface area (Å²) in [5, 5.41) is 10.7. The van der Waals surface area contributed by atoms with Crippen LogP contribution in [0, 0.1) is 10.8 Å². The fourth-order valence-electron chi connectivity index (χ4n) is 7.07. The minimum atomic E-state index is 0.225. The second-order valence-corrected chi connectivity index (χ2v) is 13.5. The number of piperidine rings is 1. The summed E-state index contributed by atoms with van der Waals surface area (Å²) < 4.78 is 2.15. The van der Waals surface area contributed by atoms with Gasteiger partial charge in [-0.2, -0.15) is 0 Å². The van der Waals surface area contributed by atoms with Crippen LogP contribution in [0.5, 0.6) is 0 Å². The minimum absolute atomic E-state index is 0.225. The number of carbonyl (C=O) groups excluding carboxylic acids is 1. The van der Waals surface area contributed by atoms with Gasteiger partial charge in [0.1, 0.15) is 6.04 Å². The predicted octanol–water partition coefficient (Wildman–Crippen LogP) is 4.57. The smallest absolute Gasteiger partial charge is 0.233 e. The van der Waals surface area contributed by atoms with E-state index >= 15 is 0 Å². The highest BCUT2D eigenvalue weighted by molar-refractivity contribution is 7.99. The average molecular weight is 517 g/mol. The van der Waals surface area contributed by atoms with Crippen LogP contribution >= 0.6 is 23.4 Å². The number of hydrogen-bond acceptors (Lipinski definition) is 4. The lowest BCUT2D eigenvalue weighted by atomic mass is 9.65. The van der Waals surface area contributed by atoms with Gasteiger partial charge in [-0.1, -0.05) is 44.1 Å². The van der Waals surface area contributed by atoms with E-state index in [-0.39, 0.29) is 17.4 Å². The first-order chi connectivity index (χ1) is 16.6. The van der Waals surface area contributed by atoms with Gasteiger partial charge < -0.3 is 9.80 Å². The zero-order valence-corrected chi connectivity index (χ0v) is 23.1. The van der Waals surface area contributed by atoms with Crippen LogP contribution in [0.3, 0.4) is 0 Å². The Morgan fingerprint density at radius 3 is 2.57 bits per heavy atom. The van der Waals surface area contributed by atoms with Crippen molar-refractivity contribution in [1.29, 1.82) is 0 Å². The first-order valence-electron chi connectivity index (χ1n) is 13.1. The molecule has 1 aromatic carbocycles. The molecular weight excluding hydrogens is 478 g/mol. The van der Waals surface area contributed by atoms with Gasteiger partial charge in [-0.25, -0.2) is 0 Å². The Morgan fingerprint density at radius 1 is 1.14 bits per heavy atom. The molecule has 1 N–H and O–H groups in total. The lowest BCUT2D eigenvalue weighted by molar-refractivity contribution is -0.935. The Bertz CT molecular complexity index is 1060. The maximum atomic E-state index is 13.4. The number of nitrogens with zero attached hydrogens (tertiary/aromatic N) is 4. The third-order valence-electron chi connectivity index (χ3n) is 8.30. The topological polar surface area (TPSA) is 55.5 Å². The van der Waals surface area contributed by atoms with E-state index < -0.39 is 0 Å². The SMILES string of the molecule is C[C@@H](c1nnc(SCC(=O)N2C[C@@]3(C)C[C@@H]2CC(C)(C)C3)n1-c1ccc(Cl)cc1)[NH+]1CCCCC1. The zero-order valence-electron chi connectivity index (χ0n) is 21.5. The third-order valence-corrected chi connectivity index (χ3v) is 9.46. The summed E-state index contributed by atoms with van der Waals surface area (Å²) in [6.45, 7) is 12.5. The molecule has 190 valence electrons. The Labute approximate surface area is 218 Å². The van der Waals surface area contributed by atoms with Crippen molar-refractivity contribution in [3.8, 4) is 5.69 Å². The summed E-state index contributed by atoms with van der Waals surface area (Å²) in [6.07, 6.45) is 7.26. The molecule has 2 saturated heterocycles. The maximum absolute atomic E-state index is 13.4. The predicted molar refractivity (Wildman–Crippen MR) is 141 cm³/mol. The number of halogens is 1. The van der Waals surface area contributed by atoms with Crippen LogP contribution in [0.1, 0.15) is 78.1 Å². The number of likely N-dealkylation sites (tertiary alicyclic amines) is 2. The van der Waals surface area contributed by atoms with E-state index in [1.165, 1.54) is 50.5 Å². The molecule has 35 heavy (non-hydrogen) atoms. The third kappa shape index (κ3) is 5.28. The largest absolute Gasteiger partial charge is 0.338 e. The van der Waals surface area contributed by atoms with Crippen molar-refractivity contribution >= 4 is 29.3 Å². The number of benzene rings is 1. The van der Waals surface area contributed by atoms with E-state index in [0.29, 0.717) is 22.2 Å². The standard InChI is InChI=1S/C27H38ClN5OS/c1-19(31-12-6-5-7-13-31)24-29-30-25(33(24)21-10-8-20(28)9-11-21)35-16-23(34)32-18-27(4)15-22(32)14-26(2,3)17-27/h8-11,19,22H,5-7,12-18H2,1-4H3/p+1/t19-,22-,27-/m0/s1. The molecule has 2 aliphatic heterocycles. The van der Waals surface area contributed by atoms with Gasteiger partial charge in [-0.15, -0.1) is 10.2 Å². The Morgan fingerprint density at radius 2 is 1.86 bits per heavy atom. The highest BCUT2D eigenvalue weighted by atomic mass is 35.5. The molecule has 1 saturated carbocycles. The average Bonchev–Trinajstić information content (AvgIpc) is 3.35. The summed E-state index contributed by atoms with van der Waals surface area (Å²) in [7, 11) is 0. The lowest BCUT2D eigenvalue weighted by Gasteiger charge is -2.39. The van der Waals surface area contributed by atoms with Gasteiger partial charge >= 0.3 is 0 Å². The van der Waals surface area contributed by atoms with E-state index in [1.54, 1.807) is 4.90 Å². The van der Waals surface area contributed by atoms with Gasteiger partial charge in [-0.3, -0.25) is 9.36 Å². The van der Waals surface area contributed by atoms with Crippen LogP contribution in [-0.4, -0.2) is 57.0 Å². The molecule has 6 nitrogen and oxygen atoms in total. The maximum Gasteiger partial charge on any atom is 0.233 e. The van der Waals surface area contributed by atoms with E-state index in [4.69, 9.17) is 11.6 Å². The van der Waals surface area contributed by atoms with Gasteiger partial charge in [0.25, 0.3) is 0 Å². The van der Waals surface area contributed by atoms with Crippen molar-refractivity contribution < 1.29 is 9.69 Å². The van der Waals surface area contributed by atoms with Crippen LogP contribution < -0.4 is 4.90 Å². The minimum Gasteiger partial charge on any atom is -0.338 e. The van der Waals surface area contributed by atoms with Gasteiger partial charge in [0, 0.05) is 23.3 Å². The second kappa shape index (κ2) is 9.71. The van der Waals surface area contributed by atoms with E-state index in [9.17, 15) is 4.79 Å². The van der Waals surface area contributed by atoms with E-state index in [2.05, 4.69) is 47.4 Å². The number of quaternary nitrogens is 1. The van der Waals surface area contributed by atoms with Crippen molar-refractivity contribution in [1.82, 2.24) is 19.7 Å². The molecule has 3 heterocycles.